The number of hydrogen-bond donors (Lipinski definition) is 1. The van der Waals surface area contributed by atoms with Crippen molar-refractivity contribution in [2.45, 2.75) is 6.04 Å². The molecule has 0 aliphatic heterocycles. The van der Waals surface area contributed by atoms with Gasteiger partial charge in [0.2, 0.25) is 0 Å². The summed E-state index contributed by atoms with van der Waals surface area (Å²) >= 11 is 0. The van der Waals surface area contributed by atoms with E-state index in [9.17, 15) is 0 Å². The second-order valence-electron chi connectivity index (χ2n) is 2.70. The average molecular weight is 192 g/mol. The van der Waals surface area contributed by atoms with Gasteiger partial charge in [0.15, 0.2) is 11.5 Å². The molecule has 0 bridgehead atoms. The molecule has 74 valence electrons. The molecule has 2 N–H and O–H groups in total. The molecule has 14 heavy (non-hydrogen) atoms. The number of nitrogens with two attached hydrogens (primary N) is 1. The van der Waals surface area contributed by atoms with Crippen molar-refractivity contribution >= 4 is 0 Å². The standard InChI is InChI=1S/C10H12N2O2/c1-13-9-4-2-3-5-10(9)14-7-8(12)6-11/h2-5,8H,7,12H2,1H3. The first-order chi connectivity index (χ1) is 6.77. The fraction of sp³-hybridized carbons (Fsp3) is 0.300. The maximum atomic E-state index is 8.45. The van der Waals surface area contributed by atoms with Crippen molar-refractivity contribution in [1.82, 2.24) is 0 Å². The number of nitrogens with zero attached hydrogens (tertiary/aromatic N) is 1. The summed E-state index contributed by atoms with van der Waals surface area (Å²) in [6.07, 6.45) is 0. The Bertz CT molecular complexity index is 333. The zero-order valence-electron chi connectivity index (χ0n) is 7.93. The third kappa shape index (κ3) is 2.64. The van der Waals surface area contributed by atoms with Crippen molar-refractivity contribution in [2.75, 3.05) is 13.7 Å². The van der Waals surface area contributed by atoms with Crippen LogP contribution in [-0.2, 0) is 0 Å². The highest BCUT2D eigenvalue weighted by Crippen LogP contribution is 2.25. The van der Waals surface area contributed by atoms with Crippen LogP contribution in [0.2, 0.25) is 0 Å². The molecule has 1 aromatic carbocycles. The Labute approximate surface area is 82.9 Å². The van der Waals surface area contributed by atoms with Gasteiger partial charge in [-0.2, -0.15) is 5.26 Å². The minimum Gasteiger partial charge on any atom is -0.493 e. The van der Waals surface area contributed by atoms with Crippen LogP contribution >= 0.6 is 0 Å². The van der Waals surface area contributed by atoms with Crippen LogP contribution in [0.4, 0.5) is 0 Å². The number of para-hydroxylation sites is 2. The average Bonchev–Trinajstić information content (AvgIpc) is 2.26. The van der Waals surface area contributed by atoms with Crippen molar-refractivity contribution in [3.05, 3.63) is 24.3 Å². The van der Waals surface area contributed by atoms with Gasteiger partial charge in [-0.1, -0.05) is 12.1 Å². The van der Waals surface area contributed by atoms with Crippen molar-refractivity contribution in [1.29, 1.82) is 5.26 Å². The molecule has 0 heterocycles. The molecule has 0 fully saturated rings. The lowest BCUT2D eigenvalue weighted by Crippen LogP contribution is -2.25. The topological polar surface area (TPSA) is 68.3 Å². The highest BCUT2D eigenvalue weighted by molar-refractivity contribution is 5.39. The SMILES string of the molecule is COc1ccccc1OCC(N)C#N. The lowest BCUT2D eigenvalue weighted by atomic mass is 10.3. The van der Waals surface area contributed by atoms with Crippen LogP contribution in [0, 0.1) is 11.3 Å². The Balaban J connectivity index is 2.63. The van der Waals surface area contributed by atoms with Gasteiger partial charge in [-0.3, -0.25) is 0 Å². The largest absolute Gasteiger partial charge is 0.493 e. The van der Waals surface area contributed by atoms with E-state index < -0.39 is 6.04 Å². The van der Waals surface area contributed by atoms with Gasteiger partial charge in [-0.05, 0) is 12.1 Å². The molecule has 1 atom stereocenters. The molecular formula is C10H12N2O2. The molecule has 0 saturated carbocycles. The summed E-state index contributed by atoms with van der Waals surface area (Å²) in [7, 11) is 1.56. The zero-order valence-corrected chi connectivity index (χ0v) is 7.93. The Morgan fingerprint density at radius 1 is 1.43 bits per heavy atom. The number of ether oxygens (including phenoxy) is 2. The second kappa shape index (κ2) is 5.10. The molecule has 1 unspecified atom stereocenters. The molecule has 0 spiro atoms. The third-order valence-corrected chi connectivity index (χ3v) is 1.65. The molecule has 1 rings (SSSR count). The molecule has 0 aliphatic rings. The molecule has 0 aromatic heterocycles. The van der Waals surface area contributed by atoms with Crippen LogP contribution < -0.4 is 15.2 Å². The van der Waals surface area contributed by atoms with Gasteiger partial charge in [-0.15, -0.1) is 0 Å². The molecule has 0 saturated heterocycles. The van der Waals surface area contributed by atoms with Crippen LogP contribution in [0.1, 0.15) is 0 Å². The van der Waals surface area contributed by atoms with Crippen LogP contribution in [0.3, 0.4) is 0 Å². The van der Waals surface area contributed by atoms with Gasteiger partial charge in [0.05, 0.1) is 13.2 Å². The van der Waals surface area contributed by atoms with Crippen LogP contribution in [0.15, 0.2) is 24.3 Å². The smallest absolute Gasteiger partial charge is 0.161 e. The number of methoxy groups -OCH3 is 1. The monoisotopic (exact) mass is 192 g/mol. The van der Waals surface area contributed by atoms with Crippen LogP contribution in [0.5, 0.6) is 11.5 Å². The number of benzene rings is 1. The summed E-state index contributed by atoms with van der Waals surface area (Å²) in [6, 6.07) is 8.50. The van der Waals surface area contributed by atoms with E-state index in [1.54, 1.807) is 19.2 Å². The predicted octanol–water partition coefficient (Wildman–Crippen LogP) is 0.925. The van der Waals surface area contributed by atoms with Gasteiger partial charge < -0.3 is 15.2 Å². The fourth-order valence-electron chi connectivity index (χ4n) is 0.955. The fourth-order valence-corrected chi connectivity index (χ4v) is 0.955. The van der Waals surface area contributed by atoms with Crippen molar-refractivity contribution in [3.63, 3.8) is 0 Å². The van der Waals surface area contributed by atoms with Crippen molar-refractivity contribution in [2.24, 2.45) is 5.73 Å². The van der Waals surface area contributed by atoms with Crippen molar-refractivity contribution < 1.29 is 9.47 Å². The number of nitriles is 1. The Morgan fingerprint density at radius 3 is 2.64 bits per heavy atom. The maximum Gasteiger partial charge on any atom is 0.161 e. The summed E-state index contributed by atoms with van der Waals surface area (Å²) < 4.78 is 10.4. The first kappa shape index (κ1) is 10.4. The molecule has 4 nitrogen and oxygen atoms in total. The first-order valence-corrected chi connectivity index (χ1v) is 4.19. The van der Waals surface area contributed by atoms with Gasteiger partial charge in [0, 0.05) is 0 Å². The lowest BCUT2D eigenvalue weighted by molar-refractivity contribution is 0.288. The van der Waals surface area contributed by atoms with Gasteiger partial charge >= 0.3 is 0 Å². The van der Waals surface area contributed by atoms with E-state index in [1.807, 2.05) is 18.2 Å². The van der Waals surface area contributed by atoms with E-state index in [-0.39, 0.29) is 6.61 Å². The normalized spacial score (nSPS) is 11.5. The lowest BCUT2D eigenvalue weighted by Gasteiger charge is -2.10. The molecule has 4 heteroatoms. The Hall–Kier alpha value is -1.73. The van der Waals surface area contributed by atoms with Gasteiger partial charge in [-0.25, -0.2) is 0 Å². The van der Waals surface area contributed by atoms with E-state index in [0.717, 1.165) is 0 Å². The summed E-state index contributed by atoms with van der Waals surface area (Å²) in [5.41, 5.74) is 5.39. The minimum absolute atomic E-state index is 0.164. The summed E-state index contributed by atoms with van der Waals surface area (Å²) in [5, 5.41) is 8.45. The minimum atomic E-state index is -0.611. The summed E-state index contributed by atoms with van der Waals surface area (Å²) in [4.78, 5) is 0. The van der Waals surface area contributed by atoms with Gasteiger partial charge in [0.1, 0.15) is 12.6 Å². The van der Waals surface area contributed by atoms with E-state index in [1.165, 1.54) is 0 Å². The maximum absolute atomic E-state index is 8.45. The Kier molecular flexibility index (Phi) is 3.77. The number of hydrogen-bond acceptors (Lipinski definition) is 4. The molecule has 1 aromatic rings. The highest BCUT2D eigenvalue weighted by Gasteiger charge is 2.05. The third-order valence-electron chi connectivity index (χ3n) is 1.65. The second-order valence-corrected chi connectivity index (χ2v) is 2.70. The van der Waals surface area contributed by atoms with Crippen LogP contribution in [-0.4, -0.2) is 19.8 Å². The molecule has 0 radical (unpaired) electrons. The molecule has 0 amide bonds. The van der Waals surface area contributed by atoms with E-state index in [4.69, 9.17) is 20.5 Å². The van der Waals surface area contributed by atoms with E-state index >= 15 is 0 Å². The first-order valence-electron chi connectivity index (χ1n) is 4.19. The highest BCUT2D eigenvalue weighted by atomic mass is 16.5. The van der Waals surface area contributed by atoms with Crippen molar-refractivity contribution in [3.8, 4) is 17.6 Å². The summed E-state index contributed by atoms with van der Waals surface area (Å²) in [6.45, 7) is 0.164. The van der Waals surface area contributed by atoms with E-state index in [2.05, 4.69) is 0 Å². The molecule has 0 aliphatic carbocycles. The Morgan fingerprint density at radius 2 is 2.07 bits per heavy atom. The van der Waals surface area contributed by atoms with Gasteiger partial charge in [0.25, 0.3) is 0 Å². The molecular weight excluding hydrogens is 180 g/mol. The number of rotatable bonds is 4. The van der Waals surface area contributed by atoms with Crippen LogP contribution in [0.25, 0.3) is 0 Å². The predicted molar refractivity (Wildman–Crippen MR) is 52.1 cm³/mol. The summed E-state index contributed by atoms with van der Waals surface area (Å²) in [5.74, 6) is 1.23. The van der Waals surface area contributed by atoms with E-state index in [0.29, 0.717) is 11.5 Å². The quantitative estimate of drug-likeness (QED) is 0.770. The zero-order chi connectivity index (χ0) is 10.4.